The van der Waals surface area contributed by atoms with Crippen molar-refractivity contribution in [3.8, 4) is 0 Å². The van der Waals surface area contributed by atoms with E-state index in [1.165, 1.54) is 17.0 Å². The Bertz CT molecular complexity index is 319. The van der Waals surface area contributed by atoms with Crippen LogP contribution in [0.2, 0.25) is 0 Å². The highest BCUT2D eigenvalue weighted by Gasteiger charge is 2.18. The molecule has 16 heavy (non-hydrogen) atoms. The fourth-order valence-electron chi connectivity index (χ4n) is 1.62. The van der Waals surface area contributed by atoms with Crippen molar-refractivity contribution in [2.75, 3.05) is 0 Å². The van der Waals surface area contributed by atoms with Crippen LogP contribution in [-0.2, 0) is 5.41 Å². The topological polar surface area (TPSA) is 12.9 Å². The lowest BCUT2D eigenvalue weighted by Crippen LogP contribution is -2.16. The number of nitrogens with zero attached hydrogens (tertiary/aromatic N) is 1. The summed E-state index contributed by atoms with van der Waals surface area (Å²) in [4.78, 5) is 4.74. The molecule has 0 atom stereocenters. The van der Waals surface area contributed by atoms with Crippen LogP contribution in [0, 0.1) is 6.92 Å². The minimum absolute atomic E-state index is 0.148. The molecule has 0 aliphatic carbocycles. The highest BCUT2D eigenvalue weighted by molar-refractivity contribution is 5.27. The number of rotatable bonds is 1. The van der Waals surface area contributed by atoms with E-state index in [1.54, 1.807) is 0 Å². The van der Waals surface area contributed by atoms with Gasteiger partial charge in [0, 0.05) is 16.8 Å². The van der Waals surface area contributed by atoms with Gasteiger partial charge in [-0.05, 0) is 24.5 Å². The lowest BCUT2D eigenvalue weighted by atomic mass is 9.88. The Morgan fingerprint density at radius 1 is 1.06 bits per heavy atom. The predicted molar refractivity (Wildman–Crippen MR) is 73.1 cm³/mol. The highest BCUT2D eigenvalue weighted by atomic mass is 14.7. The van der Waals surface area contributed by atoms with Gasteiger partial charge in [0.2, 0.25) is 0 Å². The predicted octanol–water partition coefficient (Wildman–Crippen LogP) is 4.84. The molecule has 92 valence electrons. The monoisotopic (exact) mass is 221 g/mol. The Morgan fingerprint density at radius 3 is 1.94 bits per heavy atom. The van der Waals surface area contributed by atoms with Crippen molar-refractivity contribution in [2.24, 2.45) is 0 Å². The van der Waals surface area contributed by atoms with E-state index in [0.29, 0.717) is 5.92 Å². The standard InChI is InChI=1S/C13H21N.C2H6/c1-9(2)11-8-7-10(3)12(14-11)13(4,5)6;1-2/h7-9H,1-6H3;1-2H3. The zero-order chi connectivity index (χ0) is 12.9. The van der Waals surface area contributed by atoms with Crippen LogP contribution in [0.1, 0.15) is 71.3 Å². The van der Waals surface area contributed by atoms with Crippen molar-refractivity contribution in [1.29, 1.82) is 0 Å². The highest BCUT2D eigenvalue weighted by Crippen LogP contribution is 2.25. The third-order valence-corrected chi connectivity index (χ3v) is 2.42. The number of hydrogen-bond acceptors (Lipinski definition) is 1. The second-order valence-corrected chi connectivity index (χ2v) is 5.31. The smallest absolute Gasteiger partial charge is 0.0489 e. The van der Waals surface area contributed by atoms with Crippen LogP contribution >= 0.6 is 0 Å². The van der Waals surface area contributed by atoms with Crippen LogP contribution < -0.4 is 0 Å². The second kappa shape index (κ2) is 6.03. The molecule has 0 spiro atoms. The molecule has 0 bridgehead atoms. The van der Waals surface area contributed by atoms with Gasteiger partial charge in [-0.2, -0.15) is 0 Å². The number of aromatic nitrogens is 1. The summed E-state index contributed by atoms with van der Waals surface area (Å²) in [6.45, 7) is 17.2. The first kappa shape index (κ1) is 15.2. The van der Waals surface area contributed by atoms with E-state index in [4.69, 9.17) is 4.98 Å². The maximum atomic E-state index is 4.74. The summed E-state index contributed by atoms with van der Waals surface area (Å²) in [5.74, 6) is 0.511. The molecule has 0 saturated heterocycles. The Labute approximate surface area is 101 Å². The summed E-state index contributed by atoms with van der Waals surface area (Å²) in [6, 6.07) is 4.32. The molecule has 0 unspecified atom stereocenters. The van der Waals surface area contributed by atoms with Gasteiger partial charge in [-0.25, -0.2) is 0 Å². The second-order valence-electron chi connectivity index (χ2n) is 5.31. The molecule has 0 saturated carbocycles. The molecule has 0 fully saturated rings. The van der Waals surface area contributed by atoms with Gasteiger partial charge in [-0.1, -0.05) is 54.5 Å². The largest absolute Gasteiger partial charge is 0.257 e. The minimum Gasteiger partial charge on any atom is -0.257 e. The summed E-state index contributed by atoms with van der Waals surface area (Å²) < 4.78 is 0. The fourth-order valence-corrected chi connectivity index (χ4v) is 1.62. The van der Waals surface area contributed by atoms with Crippen LogP contribution in [0.5, 0.6) is 0 Å². The molecule has 0 aliphatic heterocycles. The molecular weight excluding hydrogens is 194 g/mol. The van der Waals surface area contributed by atoms with Crippen molar-refractivity contribution in [1.82, 2.24) is 4.98 Å². The molecule has 1 heteroatoms. The molecule has 0 N–H and O–H groups in total. The van der Waals surface area contributed by atoms with E-state index in [-0.39, 0.29) is 5.41 Å². The Balaban J connectivity index is 0.00000106. The van der Waals surface area contributed by atoms with E-state index < -0.39 is 0 Å². The van der Waals surface area contributed by atoms with Crippen molar-refractivity contribution < 1.29 is 0 Å². The molecule has 0 aliphatic rings. The molecule has 0 amide bonds. The zero-order valence-electron chi connectivity index (χ0n) is 12.2. The molecule has 0 radical (unpaired) electrons. The SMILES string of the molecule is CC.Cc1ccc(C(C)C)nc1C(C)(C)C. The van der Waals surface area contributed by atoms with Gasteiger partial charge in [0.1, 0.15) is 0 Å². The van der Waals surface area contributed by atoms with E-state index in [9.17, 15) is 0 Å². The molecule has 1 heterocycles. The average molecular weight is 221 g/mol. The fraction of sp³-hybridized carbons (Fsp3) is 0.667. The van der Waals surface area contributed by atoms with Gasteiger partial charge in [0.05, 0.1) is 0 Å². The first-order valence-corrected chi connectivity index (χ1v) is 6.30. The van der Waals surface area contributed by atoms with E-state index in [2.05, 4.69) is 53.7 Å². The summed E-state index contributed by atoms with van der Waals surface area (Å²) >= 11 is 0. The first-order chi connectivity index (χ1) is 7.32. The Kier molecular flexibility index (Phi) is 5.71. The lowest BCUT2D eigenvalue weighted by Gasteiger charge is -2.21. The number of pyridine rings is 1. The Morgan fingerprint density at radius 2 is 1.56 bits per heavy atom. The minimum atomic E-state index is 0.148. The summed E-state index contributed by atoms with van der Waals surface area (Å²) in [6.07, 6.45) is 0. The van der Waals surface area contributed by atoms with Crippen LogP contribution in [0.25, 0.3) is 0 Å². The van der Waals surface area contributed by atoms with Gasteiger partial charge < -0.3 is 0 Å². The van der Waals surface area contributed by atoms with Gasteiger partial charge in [0.15, 0.2) is 0 Å². The quantitative estimate of drug-likeness (QED) is 0.661. The third-order valence-electron chi connectivity index (χ3n) is 2.42. The van der Waals surface area contributed by atoms with E-state index in [0.717, 1.165) is 0 Å². The van der Waals surface area contributed by atoms with Gasteiger partial charge in [0.25, 0.3) is 0 Å². The molecule has 0 aromatic carbocycles. The maximum absolute atomic E-state index is 4.74. The summed E-state index contributed by atoms with van der Waals surface area (Å²) in [7, 11) is 0. The summed E-state index contributed by atoms with van der Waals surface area (Å²) in [5, 5.41) is 0. The molecule has 1 aromatic rings. The molecule has 1 aromatic heterocycles. The van der Waals surface area contributed by atoms with Crippen molar-refractivity contribution >= 4 is 0 Å². The first-order valence-electron chi connectivity index (χ1n) is 6.30. The third kappa shape index (κ3) is 3.96. The summed E-state index contributed by atoms with van der Waals surface area (Å²) in [5.41, 5.74) is 3.86. The van der Waals surface area contributed by atoms with E-state index >= 15 is 0 Å². The van der Waals surface area contributed by atoms with E-state index in [1.807, 2.05) is 13.8 Å². The van der Waals surface area contributed by atoms with Crippen LogP contribution in [0.15, 0.2) is 12.1 Å². The zero-order valence-corrected chi connectivity index (χ0v) is 12.2. The van der Waals surface area contributed by atoms with Crippen molar-refractivity contribution in [2.45, 2.75) is 66.7 Å². The van der Waals surface area contributed by atoms with Crippen molar-refractivity contribution in [3.63, 3.8) is 0 Å². The van der Waals surface area contributed by atoms with Crippen molar-refractivity contribution in [3.05, 3.63) is 29.1 Å². The number of hydrogen-bond donors (Lipinski definition) is 0. The molecule has 1 nitrogen and oxygen atoms in total. The average Bonchev–Trinajstić information content (AvgIpc) is 2.19. The normalized spacial score (nSPS) is 11.1. The van der Waals surface area contributed by atoms with Gasteiger partial charge in [-0.3, -0.25) is 4.98 Å². The van der Waals surface area contributed by atoms with Gasteiger partial charge in [-0.15, -0.1) is 0 Å². The molecule has 1 rings (SSSR count). The lowest BCUT2D eigenvalue weighted by molar-refractivity contribution is 0.558. The number of aryl methyl sites for hydroxylation is 1. The van der Waals surface area contributed by atoms with Crippen LogP contribution in [0.3, 0.4) is 0 Å². The Hall–Kier alpha value is -0.850. The van der Waals surface area contributed by atoms with Crippen LogP contribution in [-0.4, -0.2) is 4.98 Å². The van der Waals surface area contributed by atoms with Gasteiger partial charge >= 0.3 is 0 Å². The molecular formula is C15H27N. The van der Waals surface area contributed by atoms with Crippen LogP contribution in [0.4, 0.5) is 0 Å². The maximum Gasteiger partial charge on any atom is 0.0489 e.